The number of nitrogens with one attached hydrogen (secondary N) is 1. The Labute approximate surface area is 181 Å². The number of ether oxygens (including phenoxy) is 1. The molecule has 1 aromatic rings. The number of hydrogen-bond donors (Lipinski definition) is 1. The Kier molecular flexibility index (Phi) is 8.37. The lowest BCUT2D eigenvalue weighted by Crippen LogP contribution is -2.57. The van der Waals surface area contributed by atoms with E-state index in [1.807, 2.05) is 42.3 Å². The number of guanidine groups is 1. The minimum atomic E-state index is -0.0380. The van der Waals surface area contributed by atoms with Gasteiger partial charge in [-0.15, -0.1) is 0 Å². The van der Waals surface area contributed by atoms with E-state index < -0.39 is 0 Å². The first-order valence-electron chi connectivity index (χ1n) is 11.3. The van der Waals surface area contributed by atoms with Gasteiger partial charge in [-0.3, -0.25) is 14.7 Å². The third-order valence-corrected chi connectivity index (χ3v) is 6.14. The van der Waals surface area contributed by atoms with Crippen LogP contribution in [0.3, 0.4) is 0 Å². The van der Waals surface area contributed by atoms with Gasteiger partial charge < -0.3 is 19.9 Å². The summed E-state index contributed by atoms with van der Waals surface area (Å²) in [7, 11) is 1.83. The van der Waals surface area contributed by atoms with Gasteiger partial charge in [0.05, 0.1) is 12.6 Å². The molecule has 0 bridgehead atoms. The zero-order chi connectivity index (χ0) is 21.3. The monoisotopic (exact) mass is 415 g/mol. The van der Waals surface area contributed by atoms with Crippen LogP contribution >= 0.6 is 0 Å². The molecule has 0 spiro atoms. The molecule has 7 nitrogen and oxygen atoms in total. The van der Waals surface area contributed by atoms with Gasteiger partial charge in [-0.1, -0.05) is 25.1 Å². The van der Waals surface area contributed by atoms with Gasteiger partial charge in [0.25, 0.3) is 0 Å². The third kappa shape index (κ3) is 5.88. The van der Waals surface area contributed by atoms with Gasteiger partial charge in [0, 0.05) is 46.3 Å². The van der Waals surface area contributed by atoms with Crippen molar-refractivity contribution in [1.82, 2.24) is 20.0 Å². The summed E-state index contributed by atoms with van der Waals surface area (Å²) >= 11 is 0. The van der Waals surface area contributed by atoms with Crippen molar-refractivity contribution in [1.29, 1.82) is 0 Å². The molecule has 7 heteroatoms. The smallest absolute Gasteiger partial charge is 0.239 e. The second kappa shape index (κ2) is 11.2. The Bertz CT molecular complexity index is 682. The summed E-state index contributed by atoms with van der Waals surface area (Å²) in [6.07, 6.45) is 3.29. The van der Waals surface area contributed by atoms with E-state index in [2.05, 4.69) is 34.0 Å². The minimum Gasteiger partial charge on any atom is -0.489 e. The zero-order valence-corrected chi connectivity index (χ0v) is 18.7. The number of piperazine rings is 1. The van der Waals surface area contributed by atoms with E-state index in [4.69, 9.17) is 4.74 Å². The fourth-order valence-electron chi connectivity index (χ4n) is 4.18. The third-order valence-electron chi connectivity index (χ3n) is 6.14. The molecule has 3 rings (SSSR count). The molecule has 2 saturated heterocycles. The number of nitrogens with zero attached hydrogens (tertiary/aromatic N) is 4. The van der Waals surface area contributed by atoms with Crippen LogP contribution < -0.4 is 10.1 Å². The molecule has 0 saturated carbocycles. The average Bonchev–Trinajstić information content (AvgIpc) is 3.34. The molecule has 2 unspecified atom stereocenters. The summed E-state index contributed by atoms with van der Waals surface area (Å²) in [6, 6.07) is 9.91. The van der Waals surface area contributed by atoms with Gasteiger partial charge in [-0.25, -0.2) is 0 Å². The number of hydrogen-bond acceptors (Lipinski definition) is 4. The Morgan fingerprint density at radius 3 is 2.33 bits per heavy atom. The van der Waals surface area contributed by atoms with Crippen LogP contribution in [-0.4, -0.2) is 91.6 Å². The molecule has 166 valence electrons. The van der Waals surface area contributed by atoms with Gasteiger partial charge in [-0.2, -0.15) is 0 Å². The predicted octanol–water partition coefficient (Wildman–Crippen LogP) is 2.05. The number of rotatable bonds is 7. The number of benzene rings is 1. The SMILES string of the molecule is CCC(CNC(=NC)N1CCN(C(C)C(=O)N2CCCC2)CC1)Oc1ccccc1. The fourth-order valence-corrected chi connectivity index (χ4v) is 4.18. The molecule has 2 atom stereocenters. The van der Waals surface area contributed by atoms with E-state index in [9.17, 15) is 4.79 Å². The maximum Gasteiger partial charge on any atom is 0.239 e. The molecule has 1 N–H and O–H groups in total. The lowest BCUT2D eigenvalue weighted by molar-refractivity contribution is -0.135. The van der Waals surface area contributed by atoms with Crippen molar-refractivity contribution >= 4 is 11.9 Å². The van der Waals surface area contributed by atoms with Gasteiger partial charge >= 0.3 is 0 Å². The molecule has 0 aromatic heterocycles. The van der Waals surface area contributed by atoms with Crippen LogP contribution in [-0.2, 0) is 4.79 Å². The van der Waals surface area contributed by atoms with Gasteiger partial charge in [0.2, 0.25) is 5.91 Å². The minimum absolute atomic E-state index is 0.0380. The molecule has 2 aliphatic rings. The van der Waals surface area contributed by atoms with Crippen molar-refractivity contribution in [2.45, 2.75) is 45.3 Å². The number of carbonyl (C=O) groups is 1. The number of para-hydroxylation sites is 1. The summed E-state index contributed by atoms with van der Waals surface area (Å²) in [5, 5.41) is 3.48. The van der Waals surface area contributed by atoms with Crippen molar-refractivity contribution in [3.05, 3.63) is 30.3 Å². The molecule has 1 amide bonds. The quantitative estimate of drug-likeness (QED) is 0.546. The summed E-state index contributed by atoms with van der Waals surface area (Å²) < 4.78 is 6.08. The fraction of sp³-hybridized carbons (Fsp3) is 0.652. The van der Waals surface area contributed by atoms with Crippen LogP contribution in [0.2, 0.25) is 0 Å². The molecular weight excluding hydrogens is 378 g/mol. The lowest BCUT2D eigenvalue weighted by atomic mass is 10.2. The van der Waals surface area contributed by atoms with E-state index in [0.29, 0.717) is 6.54 Å². The summed E-state index contributed by atoms with van der Waals surface area (Å²) in [6.45, 7) is 10.2. The van der Waals surface area contributed by atoms with E-state index in [-0.39, 0.29) is 18.1 Å². The van der Waals surface area contributed by atoms with Crippen molar-refractivity contribution in [3.63, 3.8) is 0 Å². The van der Waals surface area contributed by atoms with Crippen molar-refractivity contribution in [2.24, 2.45) is 4.99 Å². The van der Waals surface area contributed by atoms with E-state index in [1.165, 1.54) is 0 Å². The van der Waals surface area contributed by atoms with E-state index >= 15 is 0 Å². The van der Waals surface area contributed by atoms with Crippen LogP contribution in [0.4, 0.5) is 0 Å². The molecule has 2 heterocycles. The van der Waals surface area contributed by atoms with Gasteiger partial charge in [-0.05, 0) is 38.3 Å². The van der Waals surface area contributed by atoms with Crippen molar-refractivity contribution < 1.29 is 9.53 Å². The first-order chi connectivity index (χ1) is 14.6. The highest BCUT2D eigenvalue weighted by Gasteiger charge is 2.30. The second-order valence-electron chi connectivity index (χ2n) is 8.12. The van der Waals surface area contributed by atoms with Crippen LogP contribution in [0.25, 0.3) is 0 Å². The normalized spacial score (nSPS) is 20.2. The van der Waals surface area contributed by atoms with Crippen molar-refractivity contribution in [3.8, 4) is 5.75 Å². The maximum absolute atomic E-state index is 12.7. The molecule has 1 aromatic carbocycles. The van der Waals surface area contributed by atoms with E-state index in [1.54, 1.807) is 0 Å². The number of carbonyl (C=O) groups excluding carboxylic acids is 1. The van der Waals surface area contributed by atoms with Crippen LogP contribution in [0.5, 0.6) is 5.75 Å². The molecule has 2 aliphatic heterocycles. The average molecular weight is 416 g/mol. The summed E-state index contributed by atoms with van der Waals surface area (Å²) in [5.74, 6) is 2.09. The Balaban J connectivity index is 1.45. The Hall–Kier alpha value is -2.28. The molecular formula is C23H37N5O2. The topological polar surface area (TPSA) is 60.4 Å². The van der Waals surface area contributed by atoms with Crippen LogP contribution in [0.15, 0.2) is 35.3 Å². The first kappa shape index (κ1) is 22.4. The van der Waals surface area contributed by atoms with Crippen LogP contribution in [0, 0.1) is 0 Å². The number of likely N-dealkylation sites (tertiary alicyclic amines) is 1. The number of aliphatic imine (C=N–C) groups is 1. The predicted molar refractivity (Wildman–Crippen MR) is 121 cm³/mol. The standard InChI is InChI=1S/C23H37N5O2/c1-4-20(30-21-10-6-5-7-11-21)18-25-23(24-3)28-16-14-26(15-17-28)19(2)22(29)27-12-8-9-13-27/h5-7,10-11,19-20H,4,8-9,12-18H2,1-3H3,(H,24,25). The Morgan fingerprint density at radius 1 is 1.07 bits per heavy atom. The zero-order valence-electron chi connectivity index (χ0n) is 18.7. The molecule has 2 fully saturated rings. The largest absolute Gasteiger partial charge is 0.489 e. The first-order valence-corrected chi connectivity index (χ1v) is 11.3. The summed E-state index contributed by atoms with van der Waals surface area (Å²) in [4.78, 5) is 23.8. The number of amides is 1. The molecule has 0 aliphatic carbocycles. The van der Waals surface area contributed by atoms with Gasteiger partial charge in [0.1, 0.15) is 11.9 Å². The second-order valence-corrected chi connectivity index (χ2v) is 8.12. The van der Waals surface area contributed by atoms with Gasteiger partial charge in [0.15, 0.2) is 5.96 Å². The van der Waals surface area contributed by atoms with Crippen LogP contribution in [0.1, 0.15) is 33.1 Å². The maximum atomic E-state index is 12.7. The highest BCUT2D eigenvalue weighted by atomic mass is 16.5. The highest BCUT2D eigenvalue weighted by Crippen LogP contribution is 2.15. The molecule has 30 heavy (non-hydrogen) atoms. The Morgan fingerprint density at radius 2 is 1.73 bits per heavy atom. The van der Waals surface area contributed by atoms with Crippen molar-refractivity contribution in [2.75, 3.05) is 52.9 Å². The highest BCUT2D eigenvalue weighted by molar-refractivity contribution is 5.82. The molecule has 0 radical (unpaired) electrons. The summed E-state index contributed by atoms with van der Waals surface area (Å²) in [5.41, 5.74) is 0. The van der Waals surface area contributed by atoms with E-state index in [0.717, 1.165) is 70.2 Å². The lowest BCUT2D eigenvalue weighted by Gasteiger charge is -2.39.